The van der Waals surface area contributed by atoms with Gasteiger partial charge in [-0.25, -0.2) is 0 Å². The fraction of sp³-hybridized carbons (Fsp3) is 0.438. The third kappa shape index (κ3) is 4.07. The summed E-state index contributed by atoms with van der Waals surface area (Å²) in [5, 5.41) is 4.74. The zero-order valence-electron chi connectivity index (χ0n) is 12.5. The van der Waals surface area contributed by atoms with Gasteiger partial charge in [-0.1, -0.05) is 18.2 Å². The first-order valence-electron chi connectivity index (χ1n) is 7.04. The molecule has 2 heterocycles. The van der Waals surface area contributed by atoms with Crippen LogP contribution in [-0.4, -0.2) is 35.6 Å². The van der Waals surface area contributed by atoms with Crippen molar-refractivity contribution in [3.63, 3.8) is 0 Å². The molecule has 1 aromatic carbocycles. The normalized spacial score (nSPS) is 18.9. The van der Waals surface area contributed by atoms with Gasteiger partial charge in [-0.3, -0.25) is 9.88 Å². The Labute approximate surface area is 138 Å². The molecule has 5 heteroatoms. The van der Waals surface area contributed by atoms with Crippen molar-refractivity contribution in [1.82, 2.24) is 15.2 Å². The van der Waals surface area contributed by atoms with Crippen molar-refractivity contribution in [3.8, 4) is 0 Å². The molecule has 1 aliphatic rings. The Hall–Kier alpha value is -0.870. The highest BCUT2D eigenvalue weighted by atomic mass is 35.5. The van der Waals surface area contributed by atoms with Crippen LogP contribution in [0.1, 0.15) is 18.2 Å². The van der Waals surface area contributed by atoms with Crippen LogP contribution in [0, 0.1) is 6.92 Å². The molecule has 0 aliphatic carbocycles. The summed E-state index contributed by atoms with van der Waals surface area (Å²) < 4.78 is 0. The third-order valence-corrected chi connectivity index (χ3v) is 3.94. The van der Waals surface area contributed by atoms with Gasteiger partial charge in [0.2, 0.25) is 0 Å². The minimum atomic E-state index is 0. The SMILES string of the molecule is Cc1cc(CN2CCNC[C@H]2C)c2ccccc2n1.Cl.Cl. The molecule has 1 aliphatic heterocycles. The van der Waals surface area contributed by atoms with E-state index in [1.165, 1.54) is 10.9 Å². The molecule has 0 spiro atoms. The second kappa shape index (κ2) is 7.95. The molecular weight excluding hydrogens is 305 g/mol. The van der Waals surface area contributed by atoms with Gasteiger partial charge >= 0.3 is 0 Å². The lowest BCUT2D eigenvalue weighted by atomic mass is 10.1. The van der Waals surface area contributed by atoms with Crippen LogP contribution in [-0.2, 0) is 6.54 Å². The molecule has 1 N–H and O–H groups in total. The number of nitrogens with zero attached hydrogens (tertiary/aromatic N) is 2. The van der Waals surface area contributed by atoms with Gasteiger partial charge in [0, 0.05) is 43.3 Å². The number of fused-ring (bicyclic) bond motifs is 1. The molecule has 21 heavy (non-hydrogen) atoms. The van der Waals surface area contributed by atoms with Crippen LogP contribution >= 0.6 is 24.8 Å². The quantitative estimate of drug-likeness (QED) is 0.918. The van der Waals surface area contributed by atoms with Gasteiger partial charge in [-0.15, -0.1) is 24.8 Å². The summed E-state index contributed by atoms with van der Waals surface area (Å²) >= 11 is 0. The van der Waals surface area contributed by atoms with Gasteiger partial charge in [0.25, 0.3) is 0 Å². The first kappa shape index (κ1) is 18.2. The molecule has 1 fully saturated rings. The zero-order valence-corrected chi connectivity index (χ0v) is 14.1. The number of aromatic nitrogens is 1. The second-order valence-corrected chi connectivity index (χ2v) is 5.46. The van der Waals surface area contributed by atoms with Crippen LogP contribution in [0.2, 0.25) is 0 Å². The number of benzene rings is 1. The van der Waals surface area contributed by atoms with Crippen LogP contribution in [0.3, 0.4) is 0 Å². The summed E-state index contributed by atoms with van der Waals surface area (Å²) in [5.41, 5.74) is 3.62. The molecule has 0 amide bonds. The van der Waals surface area contributed by atoms with Crippen molar-refractivity contribution < 1.29 is 0 Å². The number of rotatable bonds is 2. The van der Waals surface area contributed by atoms with Crippen LogP contribution in [0.25, 0.3) is 10.9 Å². The van der Waals surface area contributed by atoms with E-state index in [0.29, 0.717) is 6.04 Å². The van der Waals surface area contributed by atoms with Gasteiger partial charge in [0.05, 0.1) is 5.52 Å². The highest BCUT2D eigenvalue weighted by Gasteiger charge is 2.18. The van der Waals surface area contributed by atoms with Crippen molar-refractivity contribution in [3.05, 3.63) is 41.6 Å². The Morgan fingerprint density at radius 3 is 2.81 bits per heavy atom. The van der Waals surface area contributed by atoms with E-state index < -0.39 is 0 Å². The number of pyridine rings is 1. The fourth-order valence-electron chi connectivity index (χ4n) is 2.86. The van der Waals surface area contributed by atoms with Gasteiger partial charge in [-0.2, -0.15) is 0 Å². The largest absolute Gasteiger partial charge is 0.314 e. The van der Waals surface area contributed by atoms with Crippen LogP contribution < -0.4 is 5.32 Å². The predicted molar refractivity (Wildman–Crippen MR) is 93.7 cm³/mol. The summed E-state index contributed by atoms with van der Waals surface area (Å²) in [6, 6.07) is 11.3. The highest BCUT2D eigenvalue weighted by molar-refractivity contribution is 5.85. The molecule has 0 radical (unpaired) electrons. The van der Waals surface area contributed by atoms with E-state index in [9.17, 15) is 0 Å². The lowest BCUT2D eigenvalue weighted by Crippen LogP contribution is -2.49. The Morgan fingerprint density at radius 1 is 1.29 bits per heavy atom. The van der Waals surface area contributed by atoms with Crippen molar-refractivity contribution >= 4 is 35.7 Å². The van der Waals surface area contributed by atoms with E-state index in [-0.39, 0.29) is 24.8 Å². The number of piperazine rings is 1. The number of halogens is 2. The average Bonchev–Trinajstić information content (AvgIpc) is 2.41. The summed E-state index contributed by atoms with van der Waals surface area (Å²) in [7, 11) is 0. The summed E-state index contributed by atoms with van der Waals surface area (Å²) in [4.78, 5) is 7.17. The first-order valence-corrected chi connectivity index (χ1v) is 7.04. The molecule has 116 valence electrons. The second-order valence-electron chi connectivity index (χ2n) is 5.46. The Bertz CT molecular complexity index is 589. The van der Waals surface area contributed by atoms with Crippen molar-refractivity contribution in [2.75, 3.05) is 19.6 Å². The topological polar surface area (TPSA) is 28.2 Å². The molecule has 3 nitrogen and oxygen atoms in total. The number of hydrogen-bond donors (Lipinski definition) is 1. The first-order chi connectivity index (χ1) is 9.24. The molecule has 2 aromatic rings. The van der Waals surface area contributed by atoms with Gasteiger partial charge in [0.15, 0.2) is 0 Å². The van der Waals surface area contributed by atoms with Crippen molar-refractivity contribution in [2.45, 2.75) is 26.4 Å². The fourth-order valence-corrected chi connectivity index (χ4v) is 2.86. The smallest absolute Gasteiger partial charge is 0.0708 e. The predicted octanol–water partition coefficient (Wildman–Crippen LogP) is 3.18. The van der Waals surface area contributed by atoms with E-state index in [4.69, 9.17) is 0 Å². The molecule has 1 saturated heterocycles. The van der Waals surface area contributed by atoms with Crippen molar-refractivity contribution in [1.29, 1.82) is 0 Å². The van der Waals surface area contributed by atoms with E-state index in [1.54, 1.807) is 0 Å². The molecule has 0 saturated carbocycles. The van der Waals surface area contributed by atoms with Crippen LogP contribution in [0.5, 0.6) is 0 Å². The summed E-state index contributed by atoms with van der Waals surface area (Å²) in [5.74, 6) is 0. The van der Waals surface area contributed by atoms with Gasteiger partial charge in [0.1, 0.15) is 0 Å². The van der Waals surface area contributed by atoms with Crippen LogP contribution in [0.4, 0.5) is 0 Å². The Balaban J connectivity index is 0.00000110. The van der Waals surface area contributed by atoms with E-state index in [0.717, 1.165) is 37.4 Å². The molecule has 0 unspecified atom stereocenters. The summed E-state index contributed by atoms with van der Waals surface area (Å²) in [6.07, 6.45) is 0. The minimum Gasteiger partial charge on any atom is -0.314 e. The maximum absolute atomic E-state index is 4.62. The number of aryl methyl sites for hydroxylation is 1. The number of para-hydroxylation sites is 1. The average molecular weight is 328 g/mol. The zero-order chi connectivity index (χ0) is 13.2. The molecule has 3 rings (SSSR count). The standard InChI is InChI=1S/C16H21N3.2ClH/c1-12-9-14(11-19-8-7-17-10-13(19)2)15-5-3-4-6-16(15)18-12;;/h3-6,9,13,17H,7-8,10-11H2,1-2H3;2*1H/t13-;;/m1../s1. The van der Waals surface area contributed by atoms with E-state index >= 15 is 0 Å². The maximum atomic E-state index is 4.62. The lowest BCUT2D eigenvalue weighted by molar-refractivity contribution is 0.166. The van der Waals surface area contributed by atoms with Crippen LogP contribution in [0.15, 0.2) is 30.3 Å². The van der Waals surface area contributed by atoms with Crippen molar-refractivity contribution in [2.24, 2.45) is 0 Å². The Morgan fingerprint density at radius 2 is 2.05 bits per heavy atom. The highest BCUT2D eigenvalue weighted by Crippen LogP contribution is 2.21. The minimum absolute atomic E-state index is 0. The lowest BCUT2D eigenvalue weighted by Gasteiger charge is -2.34. The third-order valence-electron chi connectivity index (χ3n) is 3.94. The van der Waals surface area contributed by atoms with E-state index in [1.807, 2.05) is 0 Å². The molecule has 1 aromatic heterocycles. The molecule has 1 atom stereocenters. The molecular formula is C16H23Cl2N3. The van der Waals surface area contributed by atoms with Gasteiger partial charge < -0.3 is 5.32 Å². The number of nitrogens with one attached hydrogen (secondary N) is 1. The Kier molecular flexibility index (Phi) is 6.88. The van der Waals surface area contributed by atoms with E-state index in [2.05, 4.69) is 59.4 Å². The number of hydrogen-bond acceptors (Lipinski definition) is 3. The van der Waals surface area contributed by atoms with Gasteiger partial charge in [-0.05, 0) is 31.5 Å². The maximum Gasteiger partial charge on any atom is 0.0708 e. The monoisotopic (exact) mass is 327 g/mol. The molecule has 0 bridgehead atoms. The summed E-state index contributed by atoms with van der Waals surface area (Å²) in [6.45, 7) is 8.69.